The molecule has 0 saturated heterocycles. The average Bonchev–Trinajstić information content (AvgIpc) is 2.40. The number of rotatable bonds is 5. The van der Waals surface area contributed by atoms with E-state index >= 15 is 0 Å². The van der Waals surface area contributed by atoms with Crippen LogP contribution in [-0.4, -0.2) is 30.8 Å². The topological polar surface area (TPSA) is 117 Å². The second-order valence-corrected chi connectivity index (χ2v) is 3.47. The predicted molar refractivity (Wildman–Crippen MR) is 69.8 cm³/mol. The molecule has 0 aliphatic rings. The summed E-state index contributed by atoms with van der Waals surface area (Å²) in [5, 5.41) is 3.40. The summed E-state index contributed by atoms with van der Waals surface area (Å²) in [5.74, 6) is -0.438. The minimum atomic E-state index is -0.987. The number of ketones is 1. The van der Waals surface area contributed by atoms with Gasteiger partial charge in [-0.25, -0.2) is 4.79 Å². The van der Waals surface area contributed by atoms with Crippen LogP contribution in [0.2, 0.25) is 0 Å². The van der Waals surface area contributed by atoms with Gasteiger partial charge in [-0.1, -0.05) is 5.16 Å². The molecule has 0 aliphatic carbocycles. The van der Waals surface area contributed by atoms with Gasteiger partial charge in [0.05, 0.1) is 6.61 Å². The van der Waals surface area contributed by atoms with Crippen LogP contribution in [0.4, 0.5) is 10.5 Å². The number of nitrogens with two attached hydrogens (primary N) is 2. The number of benzene rings is 1. The summed E-state index contributed by atoms with van der Waals surface area (Å²) in [6, 6.07) is 6.22. The first kappa shape index (κ1) is 14.7. The number of carbonyl (C=O) groups excluding carboxylic acids is 2. The maximum atomic E-state index is 12.0. The van der Waals surface area contributed by atoms with Gasteiger partial charge in [0.2, 0.25) is 5.78 Å². The van der Waals surface area contributed by atoms with Crippen molar-refractivity contribution in [3.63, 3.8) is 0 Å². The normalized spacial score (nSPS) is 10.9. The van der Waals surface area contributed by atoms with Crippen LogP contribution in [0.3, 0.4) is 0 Å². The number of anilines is 1. The largest absolute Gasteiger partial charge is 0.535 e. The smallest absolute Gasteiger partial charge is 0.433 e. The SMILES string of the molecule is CCOC(=O)ON=C(CN)C(=O)c1ccc(N)cc1. The highest BCUT2D eigenvalue weighted by Gasteiger charge is 2.14. The molecule has 1 aromatic carbocycles. The van der Waals surface area contributed by atoms with Gasteiger partial charge < -0.3 is 16.2 Å². The second-order valence-electron chi connectivity index (χ2n) is 3.47. The van der Waals surface area contributed by atoms with Crippen LogP contribution in [0.5, 0.6) is 0 Å². The van der Waals surface area contributed by atoms with Gasteiger partial charge in [0, 0.05) is 17.8 Å². The molecule has 1 rings (SSSR count). The summed E-state index contributed by atoms with van der Waals surface area (Å²) in [6.45, 7) is 1.61. The summed E-state index contributed by atoms with van der Waals surface area (Å²) >= 11 is 0. The van der Waals surface area contributed by atoms with Crippen molar-refractivity contribution in [2.45, 2.75) is 6.92 Å². The third-order valence-electron chi connectivity index (χ3n) is 2.12. The Hall–Kier alpha value is -2.41. The Morgan fingerprint density at radius 1 is 1.26 bits per heavy atom. The number of carbonyl (C=O) groups is 2. The number of ether oxygens (including phenoxy) is 1. The number of nitrogens with zero attached hydrogens (tertiary/aromatic N) is 1. The monoisotopic (exact) mass is 265 g/mol. The summed E-state index contributed by atoms with van der Waals surface area (Å²) in [5.41, 5.74) is 11.7. The molecule has 0 aliphatic heterocycles. The molecule has 0 amide bonds. The van der Waals surface area contributed by atoms with Gasteiger partial charge in [-0.15, -0.1) is 0 Å². The van der Waals surface area contributed by atoms with Gasteiger partial charge in [0.25, 0.3) is 0 Å². The molecule has 0 saturated carbocycles. The van der Waals surface area contributed by atoms with Gasteiger partial charge in [0.1, 0.15) is 5.71 Å². The van der Waals surface area contributed by atoms with E-state index in [-0.39, 0.29) is 18.9 Å². The van der Waals surface area contributed by atoms with E-state index in [1.165, 1.54) is 12.1 Å². The lowest BCUT2D eigenvalue weighted by Gasteiger charge is -2.03. The Morgan fingerprint density at radius 3 is 2.42 bits per heavy atom. The molecule has 1 aromatic rings. The fourth-order valence-corrected chi connectivity index (χ4v) is 1.21. The number of Topliss-reactive ketones (excluding diaryl/α,β-unsaturated/α-hetero) is 1. The summed E-state index contributed by atoms with van der Waals surface area (Å²) in [4.78, 5) is 27.3. The van der Waals surface area contributed by atoms with Crippen LogP contribution < -0.4 is 11.5 Å². The summed E-state index contributed by atoms with van der Waals surface area (Å²) in [7, 11) is 0. The molecule has 0 fully saturated rings. The van der Waals surface area contributed by atoms with Crippen LogP contribution in [0.15, 0.2) is 29.4 Å². The number of nitrogen functional groups attached to an aromatic ring is 1. The minimum absolute atomic E-state index is 0.0853. The maximum Gasteiger partial charge on any atom is 0.535 e. The van der Waals surface area contributed by atoms with Crippen molar-refractivity contribution in [2.75, 3.05) is 18.9 Å². The van der Waals surface area contributed by atoms with Gasteiger partial charge in [-0.3, -0.25) is 9.63 Å². The zero-order valence-corrected chi connectivity index (χ0v) is 10.5. The lowest BCUT2D eigenvalue weighted by molar-refractivity contribution is 0.0610. The molecule has 0 radical (unpaired) electrons. The van der Waals surface area contributed by atoms with Gasteiger partial charge in [0.15, 0.2) is 0 Å². The van der Waals surface area contributed by atoms with E-state index in [2.05, 4.69) is 14.7 Å². The van der Waals surface area contributed by atoms with Crippen molar-refractivity contribution in [1.29, 1.82) is 0 Å². The molecule has 19 heavy (non-hydrogen) atoms. The van der Waals surface area contributed by atoms with Crippen LogP contribution in [0.1, 0.15) is 17.3 Å². The predicted octanol–water partition coefficient (Wildman–Crippen LogP) is 0.939. The lowest BCUT2D eigenvalue weighted by Crippen LogP contribution is -2.24. The summed E-state index contributed by atoms with van der Waals surface area (Å²) in [6.07, 6.45) is -0.987. The van der Waals surface area contributed by atoms with Crippen LogP contribution >= 0.6 is 0 Å². The first-order valence-electron chi connectivity index (χ1n) is 5.59. The minimum Gasteiger partial charge on any atom is -0.433 e. The van der Waals surface area contributed by atoms with Crippen molar-refractivity contribution in [2.24, 2.45) is 10.9 Å². The number of hydrogen-bond acceptors (Lipinski definition) is 7. The number of oxime groups is 1. The standard InChI is InChI=1S/C12H15N3O4/c1-2-18-12(17)19-15-10(7-13)11(16)8-3-5-9(14)6-4-8/h3-6H,2,7,13-14H2,1H3. The van der Waals surface area contributed by atoms with Gasteiger partial charge in [-0.05, 0) is 31.2 Å². The molecule has 0 spiro atoms. The number of hydrogen-bond donors (Lipinski definition) is 2. The van der Waals surface area contributed by atoms with E-state index in [1.54, 1.807) is 19.1 Å². The summed E-state index contributed by atoms with van der Waals surface area (Å²) < 4.78 is 4.50. The van der Waals surface area contributed by atoms with Gasteiger partial charge in [-0.2, -0.15) is 0 Å². The fraction of sp³-hybridized carbons (Fsp3) is 0.250. The maximum absolute atomic E-state index is 12.0. The van der Waals surface area contributed by atoms with Crippen molar-refractivity contribution >= 4 is 23.3 Å². The molecule has 7 heteroatoms. The molecule has 0 bridgehead atoms. The third kappa shape index (κ3) is 4.40. The highest BCUT2D eigenvalue weighted by molar-refractivity contribution is 6.46. The van der Waals surface area contributed by atoms with E-state index in [0.717, 1.165) is 0 Å². The van der Waals surface area contributed by atoms with E-state index in [4.69, 9.17) is 11.5 Å². The highest BCUT2D eigenvalue weighted by Crippen LogP contribution is 2.07. The van der Waals surface area contributed by atoms with Crippen LogP contribution in [0, 0.1) is 0 Å². The molecule has 7 nitrogen and oxygen atoms in total. The zero-order chi connectivity index (χ0) is 14.3. The Morgan fingerprint density at radius 2 is 1.89 bits per heavy atom. The van der Waals surface area contributed by atoms with Crippen molar-refractivity contribution in [1.82, 2.24) is 0 Å². The molecule has 102 valence electrons. The van der Waals surface area contributed by atoms with Crippen LogP contribution in [0.25, 0.3) is 0 Å². The first-order valence-corrected chi connectivity index (χ1v) is 5.59. The molecule has 0 unspecified atom stereocenters. The highest BCUT2D eigenvalue weighted by atomic mass is 16.8. The Bertz CT molecular complexity index is 482. The Kier molecular flexibility index (Phi) is 5.49. The van der Waals surface area contributed by atoms with Crippen molar-refractivity contribution < 1.29 is 19.2 Å². The zero-order valence-electron chi connectivity index (χ0n) is 10.5. The quantitative estimate of drug-likeness (QED) is 0.204. The molecule has 0 aromatic heterocycles. The molecular weight excluding hydrogens is 250 g/mol. The van der Waals surface area contributed by atoms with E-state index in [0.29, 0.717) is 11.3 Å². The Balaban J connectivity index is 2.79. The fourth-order valence-electron chi connectivity index (χ4n) is 1.21. The lowest BCUT2D eigenvalue weighted by atomic mass is 10.1. The van der Waals surface area contributed by atoms with Crippen molar-refractivity contribution in [3.05, 3.63) is 29.8 Å². The first-order chi connectivity index (χ1) is 9.08. The second kappa shape index (κ2) is 7.12. The van der Waals surface area contributed by atoms with Crippen LogP contribution in [-0.2, 0) is 9.57 Å². The van der Waals surface area contributed by atoms with E-state index in [1.807, 2.05) is 0 Å². The van der Waals surface area contributed by atoms with Crippen molar-refractivity contribution in [3.8, 4) is 0 Å². The molecule has 0 atom stereocenters. The average molecular weight is 265 g/mol. The molecule has 4 N–H and O–H groups in total. The third-order valence-corrected chi connectivity index (χ3v) is 2.12. The Labute approximate surface area is 110 Å². The molecule has 0 heterocycles. The molecular formula is C12H15N3O4. The van der Waals surface area contributed by atoms with Gasteiger partial charge >= 0.3 is 6.16 Å². The van der Waals surface area contributed by atoms with E-state index < -0.39 is 11.9 Å². The van der Waals surface area contributed by atoms with E-state index in [9.17, 15) is 9.59 Å².